The van der Waals surface area contributed by atoms with Gasteiger partial charge in [-0.15, -0.1) is 0 Å². The van der Waals surface area contributed by atoms with Gasteiger partial charge in [0.15, 0.2) is 11.6 Å². The van der Waals surface area contributed by atoms with Gasteiger partial charge in [0, 0.05) is 17.6 Å². The van der Waals surface area contributed by atoms with E-state index < -0.39 is 17.6 Å². The number of alkyl halides is 3. The van der Waals surface area contributed by atoms with Gasteiger partial charge in [0.1, 0.15) is 5.82 Å². The highest BCUT2D eigenvalue weighted by Crippen LogP contribution is 2.34. The van der Waals surface area contributed by atoms with Crippen LogP contribution in [0.5, 0.6) is 11.6 Å². The fraction of sp³-hybridized carbons (Fsp3) is 0.154. The van der Waals surface area contributed by atoms with Gasteiger partial charge in [0.2, 0.25) is 5.88 Å². The highest BCUT2D eigenvalue weighted by Gasteiger charge is 2.32. The molecule has 0 aliphatic heterocycles. The molecule has 0 aliphatic carbocycles. The molecular formula is C13H9BrF4N2O. The van der Waals surface area contributed by atoms with Crippen LogP contribution in [0.25, 0.3) is 0 Å². The van der Waals surface area contributed by atoms with Crippen molar-refractivity contribution in [1.29, 1.82) is 0 Å². The predicted molar refractivity (Wildman–Crippen MR) is 73.0 cm³/mol. The molecule has 0 bridgehead atoms. The van der Waals surface area contributed by atoms with Crippen LogP contribution < -0.4 is 10.1 Å². The molecule has 3 nitrogen and oxygen atoms in total. The van der Waals surface area contributed by atoms with Gasteiger partial charge in [-0.1, -0.05) is 15.9 Å². The first-order chi connectivity index (χ1) is 9.79. The summed E-state index contributed by atoms with van der Waals surface area (Å²) in [6.07, 6.45) is -4.55. The van der Waals surface area contributed by atoms with Crippen LogP contribution in [0.15, 0.2) is 34.8 Å². The predicted octanol–water partition coefficient (Wildman–Crippen LogP) is 4.84. The van der Waals surface area contributed by atoms with E-state index in [2.05, 4.69) is 26.2 Å². The minimum atomic E-state index is -4.55. The Morgan fingerprint density at radius 2 is 1.90 bits per heavy atom. The molecule has 1 N–H and O–H groups in total. The number of anilines is 1. The Morgan fingerprint density at radius 1 is 1.19 bits per heavy atom. The van der Waals surface area contributed by atoms with E-state index in [-0.39, 0.29) is 17.4 Å². The Kier molecular flexibility index (Phi) is 4.36. The van der Waals surface area contributed by atoms with Crippen LogP contribution in [0.3, 0.4) is 0 Å². The lowest BCUT2D eigenvalue weighted by molar-refractivity contribution is -0.137. The highest BCUT2D eigenvalue weighted by atomic mass is 79.9. The van der Waals surface area contributed by atoms with Gasteiger partial charge in [-0.3, -0.25) is 0 Å². The van der Waals surface area contributed by atoms with Crippen molar-refractivity contribution in [3.8, 4) is 11.6 Å². The number of rotatable bonds is 3. The van der Waals surface area contributed by atoms with E-state index in [1.165, 1.54) is 19.2 Å². The van der Waals surface area contributed by atoms with Crippen molar-refractivity contribution >= 4 is 21.7 Å². The second-order valence-corrected chi connectivity index (χ2v) is 4.92. The Hall–Kier alpha value is -1.83. The summed E-state index contributed by atoms with van der Waals surface area (Å²) in [6, 6.07) is 5.43. The first kappa shape index (κ1) is 15.6. The van der Waals surface area contributed by atoms with Gasteiger partial charge in [-0.05, 0) is 24.3 Å². The summed E-state index contributed by atoms with van der Waals surface area (Å²) in [6.45, 7) is 0. The average molecular weight is 365 g/mol. The highest BCUT2D eigenvalue weighted by molar-refractivity contribution is 9.10. The number of nitrogens with zero attached hydrogens (tertiary/aromatic N) is 1. The van der Waals surface area contributed by atoms with Gasteiger partial charge in [0.05, 0.1) is 5.56 Å². The van der Waals surface area contributed by atoms with E-state index in [9.17, 15) is 17.6 Å². The minimum Gasteiger partial charge on any atom is -0.436 e. The first-order valence-corrected chi connectivity index (χ1v) is 6.49. The molecule has 0 saturated carbocycles. The largest absolute Gasteiger partial charge is 0.436 e. The lowest BCUT2D eigenvalue weighted by Crippen LogP contribution is -2.07. The molecule has 21 heavy (non-hydrogen) atoms. The molecule has 0 aliphatic rings. The average Bonchev–Trinajstić information content (AvgIpc) is 2.41. The van der Waals surface area contributed by atoms with Crippen LogP contribution >= 0.6 is 15.9 Å². The van der Waals surface area contributed by atoms with Crippen molar-refractivity contribution in [2.24, 2.45) is 0 Å². The van der Waals surface area contributed by atoms with Gasteiger partial charge in [0.25, 0.3) is 0 Å². The summed E-state index contributed by atoms with van der Waals surface area (Å²) < 4.78 is 57.5. The maximum absolute atomic E-state index is 13.6. The number of hydrogen-bond acceptors (Lipinski definition) is 3. The summed E-state index contributed by atoms with van der Waals surface area (Å²) in [7, 11) is 1.42. The fourth-order valence-electron chi connectivity index (χ4n) is 1.52. The number of hydrogen-bond donors (Lipinski definition) is 1. The molecule has 112 valence electrons. The van der Waals surface area contributed by atoms with Crippen LogP contribution in [-0.2, 0) is 6.18 Å². The molecule has 0 saturated heterocycles. The number of benzene rings is 1. The summed E-state index contributed by atoms with van der Waals surface area (Å²) in [5, 5.41) is 2.50. The van der Waals surface area contributed by atoms with Gasteiger partial charge >= 0.3 is 6.18 Å². The van der Waals surface area contributed by atoms with Crippen LogP contribution in [0.4, 0.5) is 23.4 Å². The van der Waals surface area contributed by atoms with Gasteiger partial charge < -0.3 is 10.1 Å². The monoisotopic (exact) mass is 364 g/mol. The third-order valence-corrected chi connectivity index (χ3v) is 2.99. The molecule has 0 unspecified atom stereocenters. The normalized spacial score (nSPS) is 11.3. The quantitative estimate of drug-likeness (QED) is 0.791. The zero-order valence-electron chi connectivity index (χ0n) is 10.6. The fourth-order valence-corrected chi connectivity index (χ4v) is 1.86. The number of ether oxygens (including phenoxy) is 1. The first-order valence-electron chi connectivity index (χ1n) is 5.69. The Morgan fingerprint density at radius 3 is 2.52 bits per heavy atom. The zero-order valence-corrected chi connectivity index (χ0v) is 12.2. The van der Waals surface area contributed by atoms with E-state index in [0.29, 0.717) is 10.5 Å². The summed E-state index contributed by atoms with van der Waals surface area (Å²) in [5.74, 6) is -1.32. The van der Waals surface area contributed by atoms with E-state index in [1.54, 1.807) is 0 Å². The SMILES string of the molecule is CNc1cc(C(F)(F)F)cc(Oc2cc(Br)ccc2F)n1. The van der Waals surface area contributed by atoms with E-state index in [4.69, 9.17) is 4.74 Å². The Labute approximate surface area is 126 Å². The molecule has 1 heterocycles. The smallest absolute Gasteiger partial charge is 0.416 e. The van der Waals surface area contributed by atoms with E-state index in [1.807, 2.05) is 0 Å². The van der Waals surface area contributed by atoms with Crippen molar-refractivity contribution in [2.45, 2.75) is 6.18 Å². The Bertz CT molecular complexity index is 661. The third-order valence-electron chi connectivity index (χ3n) is 2.49. The van der Waals surface area contributed by atoms with Crippen molar-refractivity contribution in [2.75, 3.05) is 12.4 Å². The van der Waals surface area contributed by atoms with Crippen LogP contribution in [0.1, 0.15) is 5.56 Å². The molecule has 1 aromatic heterocycles. The van der Waals surface area contributed by atoms with E-state index in [0.717, 1.165) is 12.1 Å². The molecule has 0 spiro atoms. The van der Waals surface area contributed by atoms with Crippen molar-refractivity contribution in [3.63, 3.8) is 0 Å². The molecule has 0 amide bonds. The number of pyridine rings is 1. The molecule has 8 heteroatoms. The third kappa shape index (κ3) is 3.84. The molecule has 0 fully saturated rings. The van der Waals surface area contributed by atoms with Gasteiger partial charge in [-0.25, -0.2) is 4.39 Å². The van der Waals surface area contributed by atoms with E-state index >= 15 is 0 Å². The maximum atomic E-state index is 13.6. The molecule has 0 atom stereocenters. The Balaban J connectivity index is 2.42. The number of aromatic nitrogens is 1. The second kappa shape index (κ2) is 5.88. The van der Waals surface area contributed by atoms with Gasteiger partial charge in [-0.2, -0.15) is 18.2 Å². The maximum Gasteiger partial charge on any atom is 0.416 e. The van der Waals surface area contributed by atoms with Crippen LogP contribution in [0, 0.1) is 5.82 Å². The molecule has 2 aromatic rings. The summed E-state index contributed by atoms with van der Waals surface area (Å²) in [5.41, 5.74) is -0.938. The molecule has 1 aromatic carbocycles. The minimum absolute atomic E-state index is 0.0322. The topological polar surface area (TPSA) is 34.1 Å². The lowest BCUT2D eigenvalue weighted by atomic mass is 10.2. The molecule has 0 radical (unpaired) electrons. The zero-order chi connectivity index (χ0) is 15.6. The molecule has 2 rings (SSSR count). The standard InChI is InChI=1S/C13H9BrF4N2O/c1-19-11-4-7(13(16,17)18)5-12(20-11)21-10-6-8(14)2-3-9(10)15/h2-6H,1H3,(H,19,20). The molecular weight excluding hydrogens is 356 g/mol. The van der Waals surface area contributed by atoms with Crippen molar-refractivity contribution < 1.29 is 22.3 Å². The second-order valence-electron chi connectivity index (χ2n) is 4.00. The van der Waals surface area contributed by atoms with Crippen molar-refractivity contribution in [1.82, 2.24) is 4.98 Å². The van der Waals surface area contributed by atoms with Crippen molar-refractivity contribution in [3.05, 3.63) is 46.2 Å². The number of halogens is 5. The lowest BCUT2D eigenvalue weighted by Gasteiger charge is -2.12. The number of nitrogens with one attached hydrogen (secondary N) is 1. The van der Waals surface area contributed by atoms with Crippen LogP contribution in [-0.4, -0.2) is 12.0 Å². The summed E-state index contributed by atoms with van der Waals surface area (Å²) in [4.78, 5) is 3.82. The summed E-state index contributed by atoms with van der Waals surface area (Å²) >= 11 is 3.12. The van der Waals surface area contributed by atoms with Crippen LogP contribution in [0.2, 0.25) is 0 Å².